The molecule has 0 aliphatic carbocycles. The average molecular weight is 493 g/mol. The Morgan fingerprint density at radius 2 is 1.89 bits per heavy atom. The summed E-state index contributed by atoms with van der Waals surface area (Å²) < 4.78 is 22.2. The van der Waals surface area contributed by atoms with Gasteiger partial charge in [0.15, 0.2) is 17.2 Å². The fourth-order valence-corrected chi connectivity index (χ4v) is 4.39. The predicted octanol–water partition coefficient (Wildman–Crippen LogP) is 3.23. The number of carbonyl (C=O) groups is 1. The number of carbonyl (C=O) groups excluding carboxylic acids is 1. The molecule has 1 saturated heterocycles. The number of amides is 1. The first-order valence-corrected chi connectivity index (χ1v) is 12.4. The molecule has 1 unspecified atom stereocenters. The lowest BCUT2D eigenvalue weighted by Gasteiger charge is -2.29. The van der Waals surface area contributed by atoms with Crippen molar-refractivity contribution in [3.63, 3.8) is 0 Å². The Labute approximate surface area is 210 Å². The van der Waals surface area contributed by atoms with Crippen molar-refractivity contribution in [1.82, 2.24) is 20.1 Å². The van der Waals surface area contributed by atoms with E-state index in [1.807, 2.05) is 49.4 Å². The topological polar surface area (TPSA) is 89.3 Å². The molecule has 1 amide bonds. The maximum absolute atomic E-state index is 12.8. The highest BCUT2D eigenvalue weighted by Crippen LogP contribution is 2.33. The highest BCUT2D eigenvalue weighted by atomic mass is 16.7. The van der Waals surface area contributed by atoms with Gasteiger partial charge in [0.2, 0.25) is 12.7 Å². The molecule has 190 valence electrons. The Morgan fingerprint density at radius 3 is 2.72 bits per heavy atom. The molecule has 3 heterocycles. The summed E-state index contributed by atoms with van der Waals surface area (Å²) in [4.78, 5) is 21.9. The normalized spacial score (nSPS) is 16.3. The summed E-state index contributed by atoms with van der Waals surface area (Å²) in [7, 11) is 0. The van der Waals surface area contributed by atoms with Gasteiger partial charge in [0.05, 0.1) is 25.8 Å². The Kier molecular flexibility index (Phi) is 7.80. The van der Waals surface area contributed by atoms with Gasteiger partial charge in [0.25, 0.3) is 5.91 Å². The summed E-state index contributed by atoms with van der Waals surface area (Å²) in [5, 5.41) is 2.99. The number of aromatic nitrogens is 1. The summed E-state index contributed by atoms with van der Waals surface area (Å²) in [6.07, 6.45) is 1.43. The Bertz CT molecular complexity index is 1150. The van der Waals surface area contributed by atoms with E-state index in [0.29, 0.717) is 19.0 Å². The zero-order valence-corrected chi connectivity index (χ0v) is 20.5. The molecule has 1 atom stereocenters. The first kappa shape index (κ1) is 24.3. The molecule has 2 aliphatic rings. The van der Waals surface area contributed by atoms with E-state index in [9.17, 15) is 4.79 Å². The second kappa shape index (κ2) is 11.6. The average Bonchev–Trinajstić information content (AvgIpc) is 3.58. The molecule has 0 bridgehead atoms. The Hall–Kier alpha value is -3.40. The zero-order valence-electron chi connectivity index (χ0n) is 20.5. The quantitative estimate of drug-likeness (QED) is 0.462. The van der Waals surface area contributed by atoms with E-state index in [1.165, 1.54) is 6.26 Å². The van der Waals surface area contributed by atoms with Crippen molar-refractivity contribution in [3.05, 3.63) is 77.5 Å². The van der Waals surface area contributed by atoms with Crippen LogP contribution < -0.4 is 14.8 Å². The van der Waals surface area contributed by atoms with E-state index in [0.717, 1.165) is 62.0 Å². The van der Waals surface area contributed by atoms with Gasteiger partial charge < -0.3 is 23.9 Å². The Balaban J connectivity index is 1.23. The van der Waals surface area contributed by atoms with Gasteiger partial charge in [-0.3, -0.25) is 14.6 Å². The predicted molar refractivity (Wildman–Crippen MR) is 133 cm³/mol. The number of nitrogens with one attached hydrogen (secondary N) is 1. The minimum atomic E-state index is -0.253. The van der Waals surface area contributed by atoms with Crippen LogP contribution in [0.15, 0.2) is 59.2 Å². The van der Waals surface area contributed by atoms with Crippen molar-refractivity contribution in [2.75, 3.05) is 46.2 Å². The number of nitrogens with zero attached hydrogens (tertiary/aromatic N) is 3. The molecule has 3 aromatic rings. The fourth-order valence-electron chi connectivity index (χ4n) is 4.39. The monoisotopic (exact) mass is 492 g/mol. The van der Waals surface area contributed by atoms with Crippen LogP contribution in [0.25, 0.3) is 0 Å². The molecule has 36 heavy (non-hydrogen) atoms. The van der Waals surface area contributed by atoms with Gasteiger partial charge >= 0.3 is 0 Å². The smallest absolute Gasteiger partial charge is 0.273 e. The van der Waals surface area contributed by atoms with Gasteiger partial charge in [-0.25, -0.2) is 4.98 Å². The molecule has 0 saturated carbocycles. The van der Waals surface area contributed by atoms with Gasteiger partial charge in [-0.15, -0.1) is 0 Å². The van der Waals surface area contributed by atoms with Crippen molar-refractivity contribution in [2.45, 2.75) is 26.1 Å². The van der Waals surface area contributed by atoms with Gasteiger partial charge in [-0.2, -0.15) is 0 Å². The van der Waals surface area contributed by atoms with Crippen LogP contribution in [-0.2, 0) is 17.8 Å². The van der Waals surface area contributed by atoms with E-state index < -0.39 is 0 Å². The molecular formula is C27H32N4O5. The van der Waals surface area contributed by atoms with Gasteiger partial charge in [0, 0.05) is 32.7 Å². The van der Waals surface area contributed by atoms with Gasteiger partial charge in [-0.05, 0) is 30.2 Å². The number of hydrogen-bond donors (Lipinski definition) is 1. The minimum absolute atomic E-state index is 0.130. The van der Waals surface area contributed by atoms with Crippen LogP contribution in [0.2, 0.25) is 0 Å². The van der Waals surface area contributed by atoms with Crippen LogP contribution in [0.1, 0.15) is 40.5 Å². The van der Waals surface area contributed by atoms with E-state index in [1.54, 1.807) is 0 Å². The minimum Gasteiger partial charge on any atom is -0.454 e. The maximum atomic E-state index is 12.8. The Morgan fingerprint density at radius 1 is 1.08 bits per heavy atom. The first-order chi connectivity index (χ1) is 17.6. The number of ether oxygens (including phenoxy) is 3. The third-order valence-electron chi connectivity index (χ3n) is 6.47. The van der Waals surface area contributed by atoms with Gasteiger partial charge in [-0.1, -0.05) is 36.4 Å². The number of benzene rings is 2. The van der Waals surface area contributed by atoms with Crippen molar-refractivity contribution >= 4 is 5.91 Å². The van der Waals surface area contributed by atoms with Crippen molar-refractivity contribution in [2.24, 2.45) is 0 Å². The number of fused-ring (bicyclic) bond motifs is 1. The van der Waals surface area contributed by atoms with Crippen LogP contribution in [0, 0.1) is 0 Å². The SMILES string of the molecule is CC(NC(=O)c1coc(CN(CCN2CCOCC2)Cc2ccc3c(c2)OCO3)n1)c1ccccc1. The molecule has 9 nitrogen and oxygen atoms in total. The highest BCUT2D eigenvalue weighted by Gasteiger charge is 2.20. The van der Waals surface area contributed by atoms with Crippen LogP contribution >= 0.6 is 0 Å². The standard InChI is InChI=1S/C27H32N4O5/c1-20(22-5-3-2-4-6-22)28-27(32)23-18-34-26(29-23)17-31(10-9-30-11-13-33-14-12-30)16-21-7-8-24-25(15-21)36-19-35-24/h2-8,15,18,20H,9-14,16-17,19H2,1H3,(H,28,32). The molecule has 1 aromatic heterocycles. The van der Waals surface area contributed by atoms with E-state index in [4.69, 9.17) is 18.6 Å². The zero-order chi connectivity index (χ0) is 24.7. The first-order valence-electron chi connectivity index (χ1n) is 12.4. The molecular weight excluding hydrogens is 460 g/mol. The summed E-state index contributed by atoms with van der Waals surface area (Å²) >= 11 is 0. The maximum Gasteiger partial charge on any atom is 0.273 e. The van der Waals surface area contributed by atoms with Crippen molar-refractivity contribution in [1.29, 1.82) is 0 Å². The molecule has 1 fully saturated rings. The largest absolute Gasteiger partial charge is 0.454 e. The molecule has 0 spiro atoms. The van der Waals surface area contributed by atoms with Crippen LogP contribution in [0.3, 0.4) is 0 Å². The molecule has 2 aromatic carbocycles. The molecule has 0 radical (unpaired) electrons. The third kappa shape index (κ3) is 6.23. The second-order valence-electron chi connectivity index (χ2n) is 9.08. The lowest BCUT2D eigenvalue weighted by atomic mass is 10.1. The lowest BCUT2D eigenvalue weighted by molar-refractivity contribution is 0.0320. The van der Waals surface area contributed by atoms with E-state index in [2.05, 4.69) is 26.2 Å². The number of hydrogen-bond acceptors (Lipinski definition) is 8. The number of oxazole rings is 1. The van der Waals surface area contributed by atoms with Gasteiger partial charge in [0.1, 0.15) is 6.26 Å². The van der Waals surface area contributed by atoms with Crippen molar-refractivity contribution in [3.8, 4) is 11.5 Å². The lowest BCUT2D eigenvalue weighted by Crippen LogP contribution is -2.41. The summed E-state index contributed by atoms with van der Waals surface area (Å²) in [6, 6.07) is 15.7. The van der Waals surface area contributed by atoms with Crippen LogP contribution in [0.5, 0.6) is 11.5 Å². The highest BCUT2D eigenvalue weighted by molar-refractivity contribution is 5.92. The van der Waals surface area contributed by atoms with Crippen LogP contribution in [-0.4, -0.2) is 66.9 Å². The summed E-state index contributed by atoms with van der Waals surface area (Å²) in [5.41, 5.74) is 2.43. The molecule has 2 aliphatic heterocycles. The second-order valence-corrected chi connectivity index (χ2v) is 9.08. The van der Waals surface area contributed by atoms with E-state index >= 15 is 0 Å². The molecule has 9 heteroatoms. The number of morpholine rings is 1. The molecule has 1 N–H and O–H groups in total. The van der Waals surface area contributed by atoms with E-state index in [-0.39, 0.29) is 24.4 Å². The summed E-state index contributed by atoms with van der Waals surface area (Å²) in [6.45, 7) is 8.51. The third-order valence-corrected chi connectivity index (χ3v) is 6.47. The fraction of sp³-hybridized carbons (Fsp3) is 0.407. The van der Waals surface area contributed by atoms with Crippen molar-refractivity contribution < 1.29 is 23.4 Å². The molecule has 5 rings (SSSR count). The van der Waals surface area contributed by atoms with Crippen LogP contribution in [0.4, 0.5) is 0 Å². The summed E-state index contributed by atoms with van der Waals surface area (Å²) in [5.74, 6) is 1.79. The number of rotatable bonds is 10.